The second-order valence-electron chi connectivity index (χ2n) is 13.0. The third kappa shape index (κ3) is 10.0. The van der Waals surface area contributed by atoms with Gasteiger partial charge in [0.15, 0.2) is 0 Å². The molecule has 1 heterocycles. The summed E-state index contributed by atoms with van der Waals surface area (Å²) in [6.07, 6.45) is 2.62. The number of carboxylic acids is 1. The second-order valence-corrected chi connectivity index (χ2v) is 14.9. The van der Waals surface area contributed by atoms with E-state index in [1.54, 1.807) is 23.5 Å². The molecule has 5 aromatic carbocycles. The summed E-state index contributed by atoms with van der Waals surface area (Å²) in [6, 6.07) is 40.0. The Bertz CT molecular complexity index is 2190. The first-order chi connectivity index (χ1) is 26.3. The lowest BCUT2D eigenvalue weighted by Crippen LogP contribution is -2.56. The smallest absolute Gasteiger partial charge is 0.335 e. The van der Waals surface area contributed by atoms with Gasteiger partial charge in [-0.25, -0.2) is 4.79 Å². The number of carbonyl (C=O) groups excluding carboxylic acids is 3. The lowest BCUT2D eigenvalue weighted by atomic mass is 9.99. The molecular formula is C44H41N3O5S2. The Morgan fingerprint density at radius 1 is 0.611 bits per heavy atom. The Hall–Kier alpha value is -5.71. The number of hydrogen-bond donors (Lipinski definition) is 4. The summed E-state index contributed by atoms with van der Waals surface area (Å²) in [4.78, 5) is 53.5. The van der Waals surface area contributed by atoms with Crippen LogP contribution in [0.4, 0.5) is 0 Å². The van der Waals surface area contributed by atoms with Gasteiger partial charge in [0.25, 0.3) is 0 Å². The number of thioether (sulfide) groups is 1. The SMILES string of the molecule is CSC(Cc1ccc(C(=O)O)cc1)C(=O)NC(Cc1ccc(-c2ccccc2)cc1)C(=O)NC(Cc1csc2ccccc12)C(=O)NCc1ccccc1. The molecule has 0 saturated carbocycles. The number of nitrogens with one attached hydrogen (secondary N) is 3. The Morgan fingerprint density at radius 2 is 1.19 bits per heavy atom. The number of thiophene rings is 1. The highest BCUT2D eigenvalue weighted by Crippen LogP contribution is 2.27. The maximum Gasteiger partial charge on any atom is 0.335 e. The zero-order valence-corrected chi connectivity index (χ0v) is 31.4. The third-order valence-corrected chi connectivity index (χ3v) is 11.2. The van der Waals surface area contributed by atoms with Crippen molar-refractivity contribution >= 4 is 56.9 Å². The summed E-state index contributed by atoms with van der Waals surface area (Å²) in [5.74, 6) is -2.16. The molecule has 6 rings (SSSR count). The second kappa shape index (κ2) is 18.4. The molecule has 3 amide bonds. The molecule has 0 spiro atoms. The highest BCUT2D eigenvalue weighted by molar-refractivity contribution is 7.99. The van der Waals surface area contributed by atoms with E-state index in [0.717, 1.165) is 43.5 Å². The van der Waals surface area contributed by atoms with Crippen LogP contribution in [0.1, 0.15) is 32.6 Å². The first-order valence-corrected chi connectivity index (χ1v) is 19.8. The minimum atomic E-state index is -1.02. The number of carboxylic acid groups (broad SMARTS) is 1. The molecule has 8 nitrogen and oxygen atoms in total. The van der Waals surface area contributed by atoms with Gasteiger partial charge in [-0.15, -0.1) is 11.3 Å². The molecule has 274 valence electrons. The predicted molar refractivity (Wildman–Crippen MR) is 218 cm³/mol. The number of carbonyl (C=O) groups is 4. The fourth-order valence-corrected chi connectivity index (χ4v) is 7.87. The first-order valence-electron chi connectivity index (χ1n) is 17.6. The van der Waals surface area contributed by atoms with Crippen LogP contribution >= 0.6 is 23.1 Å². The summed E-state index contributed by atoms with van der Waals surface area (Å²) >= 11 is 2.94. The lowest BCUT2D eigenvalue weighted by Gasteiger charge is -2.25. The number of rotatable bonds is 16. The average molecular weight is 756 g/mol. The number of fused-ring (bicyclic) bond motifs is 1. The summed E-state index contributed by atoms with van der Waals surface area (Å²) in [5.41, 5.74) is 5.77. The molecule has 6 aromatic rings. The van der Waals surface area contributed by atoms with Crippen LogP contribution in [0.15, 0.2) is 139 Å². The molecule has 4 N–H and O–H groups in total. The molecule has 1 aromatic heterocycles. The molecule has 3 unspecified atom stereocenters. The van der Waals surface area contributed by atoms with Crippen molar-refractivity contribution < 1.29 is 24.3 Å². The van der Waals surface area contributed by atoms with Gasteiger partial charge in [-0.2, -0.15) is 11.8 Å². The van der Waals surface area contributed by atoms with Crippen molar-refractivity contribution in [3.63, 3.8) is 0 Å². The number of hydrogen-bond acceptors (Lipinski definition) is 6. The van der Waals surface area contributed by atoms with Gasteiger partial charge in [0.05, 0.1) is 10.8 Å². The first kappa shape index (κ1) is 38.0. The molecule has 0 bridgehead atoms. The van der Waals surface area contributed by atoms with E-state index in [1.807, 2.05) is 121 Å². The Kier molecular flexibility index (Phi) is 12.9. The van der Waals surface area contributed by atoms with E-state index in [0.29, 0.717) is 13.0 Å². The average Bonchev–Trinajstić information content (AvgIpc) is 3.62. The minimum absolute atomic E-state index is 0.164. The van der Waals surface area contributed by atoms with E-state index < -0.39 is 29.2 Å². The molecule has 0 radical (unpaired) electrons. The van der Waals surface area contributed by atoms with Crippen molar-refractivity contribution in [1.29, 1.82) is 0 Å². The summed E-state index contributed by atoms with van der Waals surface area (Å²) in [5, 5.41) is 20.8. The van der Waals surface area contributed by atoms with Gasteiger partial charge in [0.1, 0.15) is 12.1 Å². The highest BCUT2D eigenvalue weighted by atomic mass is 32.2. The van der Waals surface area contributed by atoms with Crippen LogP contribution in [0.25, 0.3) is 21.2 Å². The summed E-state index contributed by atoms with van der Waals surface area (Å²) in [7, 11) is 0. The zero-order chi connectivity index (χ0) is 37.9. The maximum absolute atomic E-state index is 14.4. The van der Waals surface area contributed by atoms with Gasteiger partial charge in [-0.3, -0.25) is 14.4 Å². The molecule has 10 heteroatoms. The normalized spacial score (nSPS) is 12.7. The van der Waals surface area contributed by atoms with Gasteiger partial charge in [0, 0.05) is 24.1 Å². The van der Waals surface area contributed by atoms with Crippen LogP contribution in [0.5, 0.6) is 0 Å². The zero-order valence-electron chi connectivity index (χ0n) is 29.7. The van der Waals surface area contributed by atoms with Crippen LogP contribution in [0, 0.1) is 0 Å². The van der Waals surface area contributed by atoms with Crippen molar-refractivity contribution in [2.24, 2.45) is 0 Å². The molecular weight excluding hydrogens is 715 g/mol. The number of amides is 3. The topological polar surface area (TPSA) is 125 Å². The number of benzene rings is 5. The molecule has 0 aliphatic heterocycles. The largest absolute Gasteiger partial charge is 0.478 e. The van der Waals surface area contributed by atoms with Crippen LogP contribution < -0.4 is 16.0 Å². The predicted octanol–water partition coefficient (Wildman–Crippen LogP) is 7.31. The Balaban J connectivity index is 1.25. The third-order valence-electron chi connectivity index (χ3n) is 9.26. The number of aromatic carboxylic acids is 1. The van der Waals surface area contributed by atoms with Crippen LogP contribution in [0.2, 0.25) is 0 Å². The van der Waals surface area contributed by atoms with Crippen molar-refractivity contribution in [3.8, 4) is 11.1 Å². The fourth-order valence-electron chi connectivity index (χ4n) is 6.25. The molecule has 54 heavy (non-hydrogen) atoms. The van der Waals surface area contributed by atoms with Crippen molar-refractivity contribution in [2.45, 2.75) is 43.1 Å². The standard InChI is InChI=1S/C44H41N3O5S2/c1-53-40(25-30-18-22-34(23-19-30)44(51)52)43(50)47-37(24-29-16-20-33(21-17-29)32-12-6-3-7-13-32)42(49)46-38(41(48)45-27-31-10-4-2-5-11-31)26-35-28-54-39-15-9-8-14-36(35)39/h2-23,28,37-38,40H,24-27H2,1H3,(H,45,48)(H,46,49)(H,47,50)(H,51,52). The maximum atomic E-state index is 14.4. The van der Waals surface area contributed by atoms with Crippen LogP contribution in [-0.2, 0) is 40.2 Å². The van der Waals surface area contributed by atoms with Gasteiger partial charge in [-0.1, -0.05) is 115 Å². The Labute approximate surface area is 323 Å². The van der Waals surface area contributed by atoms with E-state index in [4.69, 9.17) is 0 Å². The summed E-state index contributed by atoms with van der Waals surface area (Å²) < 4.78 is 1.09. The van der Waals surface area contributed by atoms with Crippen molar-refractivity contribution in [3.05, 3.63) is 167 Å². The van der Waals surface area contributed by atoms with E-state index in [9.17, 15) is 24.3 Å². The lowest BCUT2D eigenvalue weighted by molar-refractivity contribution is -0.132. The molecule has 0 aliphatic carbocycles. The highest BCUT2D eigenvalue weighted by Gasteiger charge is 2.30. The molecule has 0 saturated heterocycles. The van der Waals surface area contributed by atoms with Gasteiger partial charge in [-0.05, 0) is 75.0 Å². The van der Waals surface area contributed by atoms with Crippen molar-refractivity contribution in [2.75, 3.05) is 6.26 Å². The van der Waals surface area contributed by atoms with Crippen LogP contribution in [0.3, 0.4) is 0 Å². The summed E-state index contributed by atoms with van der Waals surface area (Å²) in [6.45, 7) is 0.299. The van der Waals surface area contributed by atoms with Gasteiger partial charge in [0.2, 0.25) is 17.7 Å². The van der Waals surface area contributed by atoms with E-state index >= 15 is 0 Å². The van der Waals surface area contributed by atoms with Crippen LogP contribution in [-0.4, -0.2) is 52.4 Å². The van der Waals surface area contributed by atoms with Gasteiger partial charge >= 0.3 is 5.97 Å². The fraction of sp³-hybridized carbons (Fsp3) is 0.182. The molecule has 0 fully saturated rings. The van der Waals surface area contributed by atoms with E-state index in [2.05, 4.69) is 16.0 Å². The minimum Gasteiger partial charge on any atom is -0.478 e. The van der Waals surface area contributed by atoms with Crippen molar-refractivity contribution in [1.82, 2.24) is 16.0 Å². The quantitative estimate of drug-likeness (QED) is 0.0822. The van der Waals surface area contributed by atoms with Gasteiger partial charge < -0.3 is 21.1 Å². The molecule has 3 atom stereocenters. The monoisotopic (exact) mass is 755 g/mol. The Morgan fingerprint density at radius 3 is 1.87 bits per heavy atom. The van der Waals surface area contributed by atoms with E-state index in [-0.39, 0.29) is 30.2 Å². The van der Waals surface area contributed by atoms with E-state index in [1.165, 1.54) is 23.9 Å². The molecule has 0 aliphatic rings.